The first kappa shape index (κ1) is 12.6. The van der Waals surface area contributed by atoms with Gasteiger partial charge in [-0.1, -0.05) is 31.3 Å². The Morgan fingerprint density at radius 2 is 2.00 bits per heavy atom. The van der Waals surface area contributed by atoms with Crippen molar-refractivity contribution in [2.75, 3.05) is 0 Å². The third-order valence-corrected chi connectivity index (χ3v) is 4.08. The molecule has 0 bridgehead atoms. The molecule has 0 radical (unpaired) electrons. The summed E-state index contributed by atoms with van der Waals surface area (Å²) in [6.45, 7) is 7.28. The van der Waals surface area contributed by atoms with Gasteiger partial charge in [0.05, 0.1) is 5.69 Å². The van der Waals surface area contributed by atoms with Crippen LogP contribution in [0.2, 0.25) is 0 Å². The molecule has 0 saturated heterocycles. The average Bonchev–Trinajstić information content (AvgIpc) is 2.52. The third-order valence-electron chi connectivity index (χ3n) is 4.08. The molecule has 2 rings (SSSR count). The van der Waals surface area contributed by atoms with Crippen molar-refractivity contribution in [2.45, 2.75) is 65.5 Å². The van der Waals surface area contributed by atoms with Crippen molar-refractivity contribution in [2.24, 2.45) is 5.92 Å². The Labute approximate surface area is 104 Å². The first-order valence-corrected chi connectivity index (χ1v) is 6.83. The molecule has 3 heteroatoms. The fourth-order valence-electron chi connectivity index (χ4n) is 2.78. The Morgan fingerprint density at radius 1 is 1.24 bits per heavy atom. The standard InChI is InChI=1S/C14H24N2O/c1-10-7-5-4-6-8-14(10)15-9-13-11(2)16-17-12(13)3/h10,14-15H,4-9H2,1-3H3. The molecular weight excluding hydrogens is 212 g/mol. The summed E-state index contributed by atoms with van der Waals surface area (Å²) in [6.07, 6.45) is 6.83. The van der Waals surface area contributed by atoms with E-state index in [-0.39, 0.29) is 0 Å². The van der Waals surface area contributed by atoms with E-state index in [1.165, 1.54) is 37.7 Å². The van der Waals surface area contributed by atoms with Crippen LogP contribution in [0.15, 0.2) is 4.52 Å². The van der Waals surface area contributed by atoms with Crippen LogP contribution in [-0.2, 0) is 6.54 Å². The van der Waals surface area contributed by atoms with Gasteiger partial charge in [0, 0.05) is 18.2 Å². The van der Waals surface area contributed by atoms with Crippen LogP contribution < -0.4 is 5.32 Å². The second kappa shape index (κ2) is 5.67. The third kappa shape index (κ3) is 3.09. The molecule has 1 saturated carbocycles. The molecular formula is C14H24N2O. The quantitative estimate of drug-likeness (QED) is 0.818. The van der Waals surface area contributed by atoms with Crippen molar-refractivity contribution in [3.63, 3.8) is 0 Å². The van der Waals surface area contributed by atoms with Gasteiger partial charge in [-0.2, -0.15) is 0 Å². The predicted octanol–water partition coefficient (Wildman–Crippen LogP) is 3.35. The van der Waals surface area contributed by atoms with Crippen LogP contribution in [0.5, 0.6) is 0 Å². The molecule has 1 aliphatic carbocycles. The molecule has 1 aliphatic rings. The van der Waals surface area contributed by atoms with Crippen molar-refractivity contribution in [1.82, 2.24) is 10.5 Å². The maximum Gasteiger partial charge on any atom is 0.138 e. The minimum atomic E-state index is 0.659. The number of nitrogens with one attached hydrogen (secondary N) is 1. The molecule has 1 heterocycles. The van der Waals surface area contributed by atoms with Crippen LogP contribution in [0.4, 0.5) is 0 Å². The Morgan fingerprint density at radius 3 is 2.71 bits per heavy atom. The summed E-state index contributed by atoms with van der Waals surface area (Å²) >= 11 is 0. The number of aromatic nitrogens is 1. The molecule has 0 amide bonds. The molecule has 0 spiro atoms. The number of hydrogen-bond donors (Lipinski definition) is 1. The number of hydrogen-bond acceptors (Lipinski definition) is 3. The average molecular weight is 236 g/mol. The first-order valence-electron chi connectivity index (χ1n) is 6.83. The zero-order valence-electron chi connectivity index (χ0n) is 11.3. The fourth-order valence-corrected chi connectivity index (χ4v) is 2.78. The summed E-state index contributed by atoms with van der Waals surface area (Å²) < 4.78 is 5.20. The van der Waals surface area contributed by atoms with Crippen molar-refractivity contribution in [1.29, 1.82) is 0 Å². The largest absolute Gasteiger partial charge is 0.361 e. The minimum absolute atomic E-state index is 0.659. The van der Waals surface area contributed by atoms with Gasteiger partial charge in [0.1, 0.15) is 5.76 Å². The van der Waals surface area contributed by atoms with E-state index in [9.17, 15) is 0 Å². The summed E-state index contributed by atoms with van der Waals surface area (Å²) in [6, 6.07) is 0.659. The Kier molecular flexibility index (Phi) is 4.21. The van der Waals surface area contributed by atoms with E-state index in [4.69, 9.17) is 4.52 Å². The SMILES string of the molecule is Cc1noc(C)c1CNC1CCCCCC1C. The summed E-state index contributed by atoms with van der Waals surface area (Å²) in [4.78, 5) is 0. The topological polar surface area (TPSA) is 38.1 Å². The summed E-state index contributed by atoms with van der Waals surface area (Å²) in [7, 11) is 0. The van der Waals surface area contributed by atoms with E-state index in [1.54, 1.807) is 0 Å². The lowest BCUT2D eigenvalue weighted by atomic mass is 9.96. The van der Waals surface area contributed by atoms with Crippen LogP contribution in [0.3, 0.4) is 0 Å². The van der Waals surface area contributed by atoms with Crippen LogP contribution in [0.1, 0.15) is 56.0 Å². The predicted molar refractivity (Wildman–Crippen MR) is 68.9 cm³/mol. The van der Waals surface area contributed by atoms with Crippen LogP contribution in [0.25, 0.3) is 0 Å². The lowest BCUT2D eigenvalue weighted by Crippen LogP contribution is -2.34. The van der Waals surface area contributed by atoms with Gasteiger partial charge in [0.25, 0.3) is 0 Å². The highest BCUT2D eigenvalue weighted by Gasteiger charge is 2.20. The second-order valence-electron chi connectivity index (χ2n) is 5.41. The Bertz CT molecular complexity index is 340. The van der Waals surface area contributed by atoms with Gasteiger partial charge < -0.3 is 9.84 Å². The zero-order valence-corrected chi connectivity index (χ0v) is 11.3. The van der Waals surface area contributed by atoms with Gasteiger partial charge in [-0.25, -0.2) is 0 Å². The molecule has 2 unspecified atom stereocenters. The Hall–Kier alpha value is -0.830. The highest BCUT2D eigenvalue weighted by molar-refractivity contribution is 5.20. The van der Waals surface area contributed by atoms with Gasteiger partial charge in [-0.3, -0.25) is 0 Å². The maximum atomic E-state index is 5.20. The smallest absolute Gasteiger partial charge is 0.138 e. The molecule has 96 valence electrons. The highest BCUT2D eigenvalue weighted by atomic mass is 16.5. The van der Waals surface area contributed by atoms with Crippen LogP contribution in [-0.4, -0.2) is 11.2 Å². The molecule has 2 atom stereocenters. The van der Waals surface area contributed by atoms with E-state index >= 15 is 0 Å². The zero-order chi connectivity index (χ0) is 12.3. The normalized spacial score (nSPS) is 25.8. The summed E-state index contributed by atoms with van der Waals surface area (Å²) in [5.74, 6) is 1.74. The highest BCUT2D eigenvalue weighted by Crippen LogP contribution is 2.23. The van der Waals surface area contributed by atoms with Gasteiger partial charge in [-0.05, 0) is 32.6 Å². The van der Waals surface area contributed by atoms with E-state index in [0.29, 0.717) is 6.04 Å². The fraction of sp³-hybridized carbons (Fsp3) is 0.786. The van der Waals surface area contributed by atoms with E-state index in [1.807, 2.05) is 13.8 Å². The van der Waals surface area contributed by atoms with Crippen molar-refractivity contribution in [3.05, 3.63) is 17.0 Å². The monoisotopic (exact) mass is 236 g/mol. The number of rotatable bonds is 3. The molecule has 17 heavy (non-hydrogen) atoms. The van der Waals surface area contributed by atoms with Crippen molar-refractivity contribution < 1.29 is 4.52 Å². The number of aryl methyl sites for hydroxylation is 2. The van der Waals surface area contributed by atoms with Crippen LogP contribution >= 0.6 is 0 Å². The molecule has 1 aromatic rings. The molecule has 0 aliphatic heterocycles. The summed E-state index contributed by atoms with van der Waals surface area (Å²) in [5, 5.41) is 7.70. The van der Waals surface area contributed by atoms with E-state index in [2.05, 4.69) is 17.4 Å². The van der Waals surface area contributed by atoms with E-state index in [0.717, 1.165) is 23.9 Å². The van der Waals surface area contributed by atoms with E-state index < -0.39 is 0 Å². The summed E-state index contributed by atoms with van der Waals surface area (Å²) in [5.41, 5.74) is 2.26. The van der Waals surface area contributed by atoms with Crippen molar-refractivity contribution in [3.8, 4) is 0 Å². The molecule has 3 nitrogen and oxygen atoms in total. The number of nitrogens with zero attached hydrogens (tertiary/aromatic N) is 1. The second-order valence-corrected chi connectivity index (χ2v) is 5.41. The lowest BCUT2D eigenvalue weighted by Gasteiger charge is -2.22. The molecule has 0 aromatic carbocycles. The maximum absolute atomic E-state index is 5.20. The lowest BCUT2D eigenvalue weighted by molar-refractivity contribution is 0.353. The molecule has 1 fully saturated rings. The Balaban J connectivity index is 1.92. The molecule has 1 N–H and O–H groups in total. The van der Waals surface area contributed by atoms with Gasteiger partial charge in [0.2, 0.25) is 0 Å². The van der Waals surface area contributed by atoms with Crippen LogP contribution in [0, 0.1) is 19.8 Å². The van der Waals surface area contributed by atoms with Crippen molar-refractivity contribution >= 4 is 0 Å². The van der Waals surface area contributed by atoms with Gasteiger partial charge in [0.15, 0.2) is 0 Å². The molecule has 1 aromatic heterocycles. The van der Waals surface area contributed by atoms with Gasteiger partial charge >= 0.3 is 0 Å². The minimum Gasteiger partial charge on any atom is -0.361 e. The first-order chi connectivity index (χ1) is 8.18. The van der Waals surface area contributed by atoms with Gasteiger partial charge in [-0.15, -0.1) is 0 Å².